The Kier molecular flexibility index (Phi) is 5.57. The zero-order chi connectivity index (χ0) is 17.6. The van der Waals surface area contributed by atoms with Crippen LogP contribution in [-0.4, -0.2) is 18.2 Å². The van der Waals surface area contributed by atoms with Crippen molar-refractivity contribution in [3.05, 3.63) is 65.7 Å². The molecule has 0 atom stereocenters. The first kappa shape index (κ1) is 17.5. The molecule has 0 saturated heterocycles. The lowest BCUT2D eigenvalue weighted by molar-refractivity contribution is -0.137. The number of carbonyl (C=O) groups is 1. The monoisotopic (exact) mass is 335 g/mol. The molecular formula is C17H16F3N3O. The number of rotatable bonds is 5. The van der Waals surface area contributed by atoms with Crippen LogP contribution < -0.4 is 10.7 Å². The Morgan fingerprint density at radius 3 is 2.46 bits per heavy atom. The molecule has 0 aliphatic heterocycles. The van der Waals surface area contributed by atoms with Gasteiger partial charge < -0.3 is 5.32 Å². The van der Waals surface area contributed by atoms with Crippen molar-refractivity contribution in [3.63, 3.8) is 0 Å². The number of benzene rings is 2. The Morgan fingerprint density at radius 1 is 1.08 bits per heavy atom. The van der Waals surface area contributed by atoms with E-state index in [0.717, 1.165) is 17.8 Å². The summed E-state index contributed by atoms with van der Waals surface area (Å²) in [6.07, 6.45) is -4.42. The Hall–Kier alpha value is -2.83. The van der Waals surface area contributed by atoms with Gasteiger partial charge in [0.15, 0.2) is 0 Å². The van der Waals surface area contributed by atoms with E-state index in [1.165, 1.54) is 19.1 Å². The van der Waals surface area contributed by atoms with E-state index in [1.807, 2.05) is 30.3 Å². The van der Waals surface area contributed by atoms with Crippen molar-refractivity contribution in [2.24, 2.45) is 5.10 Å². The van der Waals surface area contributed by atoms with E-state index in [0.29, 0.717) is 5.56 Å². The minimum atomic E-state index is -4.42. The molecule has 126 valence electrons. The van der Waals surface area contributed by atoms with Crippen molar-refractivity contribution in [3.8, 4) is 0 Å². The van der Waals surface area contributed by atoms with Gasteiger partial charge in [-0.15, -0.1) is 0 Å². The van der Waals surface area contributed by atoms with Crippen LogP contribution in [-0.2, 0) is 11.0 Å². The number of carbonyl (C=O) groups excluding carboxylic acids is 1. The summed E-state index contributed by atoms with van der Waals surface area (Å²) in [5.74, 6) is -0.398. The average molecular weight is 335 g/mol. The molecule has 7 heteroatoms. The normalized spacial score (nSPS) is 11.9. The second kappa shape index (κ2) is 7.63. The van der Waals surface area contributed by atoms with Gasteiger partial charge in [0.25, 0.3) is 5.91 Å². The van der Waals surface area contributed by atoms with Crippen molar-refractivity contribution in [1.29, 1.82) is 0 Å². The number of hydrogen-bond acceptors (Lipinski definition) is 3. The van der Waals surface area contributed by atoms with Crippen LogP contribution in [0.1, 0.15) is 18.1 Å². The van der Waals surface area contributed by atoms with Crippen molar-refractivity contribution < 1.29 is 18.0 Å². The maximum atomic E-state index is 12.7. The van der Waals surface area contributed by atoms with E-state index in [2.05, 4.69) is 15.8 Å². The third-order valence-electron chi connectivity index (χ3n) is 3.18. The number of nitrogens with one attached hydrogen (secondary N) is 2. The first-order chi connectivity index (χ1) is 11.4. The molecule has 2 aromatic carbocycles. The summed E-state index contributed by atoms with van der Waals surface area (Å²) in [4.78, 5) is 11.7. The van der Waals surface area contributed by atoms with Crippen molar-refractivity contribution in [2.45, 2.75) is 13.1 Å². The van der Waals surface area contributed by atoms with Gasteiger partial charge in [0.2, 0.25) is 0 Å². The second-order valence-electron chi connectivity index (χ2n) is 5.03. The standard InChI is InChI=1S/C17H16F3N3O/c1-12(13-6-5-7-14(10-13)17(18,19)20)22-23-16(24)11-21-15-8-3-2-4-9-15/h2-10,21H,11H2,1H3,(H,23,24)/b22-12+. The predicted molar refractivity (Wildman–Crippen MR) is 86.7 cm³/mol. The van der Waals surface area contributed by atoms with Crippen LogP contribution in [0.25, 0.3) is 0 Å². The Balaban J connectivity index is 1.95. The average Bonchev–Trinajstić information content (AvgIpc) is 2.58. The van der Waals surface area contributed by atoms with Crippen LogP contribution in [0.15, 0.2) is 59.7 Å². The topological polar surface area (TPSA) is 53.5 Å². The first-order valence-electron chi connectivity index (χ1n) is 7.16. The summed E-state index contributed by atoms with van der Waals surface area (Å²) in [6.45, 7) is 1.53. The summed E-state index contributed by atoms with van der Waals surface area (Å²) in [7, 11) is 0. The molecule has 2 rings (SSSR count). The molecule has 24 heavy (non-hydrogen) atoms. The number of alkyl halides is 3. The van der Waals surface area contributed by atoms with Crippen molar-refractivity contribution in [2.75, 3.05) is 11.9 Å². The van der Waals surface area contributed by atoms with Crippen LogP contribution in [0.2, 0.25) is 0 Å². The second-order valence-corrected chi connectivity index (χ2v) is 5.03. The van der Waals surface area contributed by atoms with Gasteiger partial charge in [-0.05, 0) is 36.8 Å². The summed E-state index contributed by atoms with van der Waals surface area (Å²) in [6, 6.07) is 13.9. The Labute approximate surface area is 137 Å². The fourth-order valence-electron chi connectivity index (χ4n) is 1.91. The molecule has 0 aliphatic rings. The van der Waals surface area contributed by atoms with Crippen LogP contribution in [0.4, 0.5) is 18.9 Å². The van der Waals surface area contributed by atoms with Crippen LogP contribution in [0.3, 0.4) is 0 Å². The number of nitrogens with zero attached hydrogens (tertiary/aromatic N) is 1. The van der Waals surface area contributed by atoms with Crippen LogP contribution in [0.5, 0.6) is 0 Å². The molecule has 1 amide bonds. The molecular weight excluding hydrogens is 319 g/mol. The fraction of sp³-hybridized carbons (Fsp3) is 0.176. The molecule has 0 aliphatic carbocycles. The summed E-state index contributed by atoms with van der Waals surface area (Å²) in [5, 5.41) is 6.75. The highest BCUT2D eigenvalue weighted by molar-refractivity contribution is 5.99. The van der Waals surface area contributed by atoms with Gasteiger partial charge in [-0.3, -0.25) is 4.79 Å². The molecule has 4 nitrogen and oxygen atoms in total. The summed E-state index contributed by atoms with van der Waals surface area (Å²) < 4.78 is 38.1. The third kappa shape index (κ3) is 5.12. The van der Waals surface area contributed by atoms with Crippen LogP contribution in [0, 0.1) is 0 Å². The van der Waals surface area contributed by atoms with E-state index in [4.69, 9.17) is 0 Å². The predicted octanol–water partition coefficient (Wildman–Crippen LogP) is 3.66. The molecule has 0 radical (unpaired) electrons. The largest absolute Gasteiger partial charge is 0.416 e. The van der Waals surface area contributed by atoms with Gasteiger partial charge >= 0.3 is 6.18 Å². The summed E-state index contributed by atoms with van der Waals surface area (Å²) >= 11 is 0. The number of hydrogen-bond donors (Lipinski definition) is 2. The number of para-hydroxylation sites is 1. The van der Waals surface area contributed by atoms with Gasteiger partial charge in [0.05, 0.1) is 17.8 Å². The molecule has 0 unspecified atom stereocenters. The molecule has 0 aromatic heterocycles. The number of anilines is 1. The van der Waals surface area contributed by atoms with Gasteiger partial charge in [-0.25, -0.2) is 5.43 Å². The Bertz CT molecular complexity index is 727. The zero-order valence-corrected chi connectivity index (χ0v) is 12.9. The van der Waals surface area contributed by atoms with Crippen LogP contribution >= 0.6 is 0 Å². The molecule has 0 heterocycles. The first-order valence-corrected chi connectivity index (χ1v) is 7.16. The number of amides is 1. The smallest absolute Gasteiger partial charge is 0.376 e. The minimum Gasteiger partial charge on any atom is -0.376 e. The van der Waals surface area contributed by atoms with E-state index in [-0.39, 0.29) is 12.3 Å². The summed E-state index contributed by atoms with van der Waals surface area (Å²) in [5.41, 5.74) is 2.92. The highest BCUT2D eigenvalue weighted by Gasteiger charge is 2.30. The van der Waals surface area contributed by atoms with Crippen molar-refractivity contribution >= 4 is 17.3 Å². The lowest BCUT2D eigenvalue weighted by Crippen LogP contribution is -2.26. The lowest BCUT2D eigenvalue weighted by Gasteiger charge is -2.09. The molecule has 0 saturated carbocycles. The van der Waals surface area contributed by atoms with E-state index in [9.17, 15) is 18.0 Å². The van der Waals surface area contributed by atoms with Gasteiger partial charge in [-0.1, -0.05) is 30.3 Å². The zero-order valence-electron chi connectivity index (χ0n) is 12.9. The third-order valence-corrected chi connectivity index (χ3v) is 3.18. The Morgan fingerprint density at radius 2 is 1.79 bits per heavy atom. The van der Waals surface area contributed by atoms with E-state index >= 15 is 0 Å². The minimum absolute atomic E-state index is 0.00336. The van der Waals surface area contributed by atoms with Gasteiger partial charge in [0, 0.05) is 5.69 Å². The maximum Gasteiger partial charge on any atom is 0.416 e. The molecule has 2 aromatic rings. The molecule has 0 bridgehead atoms. The number of hydrazone groups is 1. The molecule has 0 fully saturated rings. The van der Waals surface area contributed by atoms with E-state index in [1.54, 1.807) is 0 Å². The molecule has 2 N–H and O–H groups in total. The van der Waals surface area contributed by atoms with Gasteiger partial charge in [0.1, 0.15) is 0 Å². The fourth-order valence-corrected chi connectivity index (χ4v) is 1.91. The highest BCUT2D eigenvalue weighted by atomic mass is 19.4. The van der Waals surface area contributed by atoms with Gasteiger partial charge in [-0.2, -0.15) is 18.3 Å². The maximum absolute atomic E-state index is 12.7. The highest BCUT2D eigenvalue weighted by Crippen LogP contribution is 2.29. The quantitative estimate of drug-likeness (QED) is 0.647. The SMILES string of the molecule is C/C(=N\NC(=O)CNc1ccccc1)c1cccc(C(F)(F)F)c1. The van der Waals surface area contributed by atoms with E-state index < -0.39 is 17.6 Å². The number of halogens is 3. The lowest BCUT2D eigenvalue weighted by atomic mass is 10.1. The molecule has 0 spiro atoms. The van der Waals surface area contributed by atoms with Crippen molar-refractivity contribution in [1.82, 2.24) is 5.43 Å².